The Bertz CT molecular complexity index is 275. The smallest absolute Gasteiger partial charge is 0.138 e. The van der Waals surface area contributed by atoms with Crippen LogP contribution in [0.2, 0.25) is 0 Å². The zero-order chi connectivity index (χ0) is 10.9. The van der Waals surface area contributed by atoms with Crippen molar-refractivity contribution in [1.82, 2.24) is 4.90 Å². The molecule has 0 aromatic heterocycles. The van der Waals surface area contributed by atoms with Crippen molar-refractivity contribution in [2.75, 3.05) is 6.54 Å². The number of carbonyl (C=O) groups excluding carboxylic acids is 1. The summed E-state index contributed by atoms with van der Waals surface area (Å²) in [5.41, 5.74) is -0.242. The van der Waals surface area contributed by atoms with Gasteiger partial charge >= 0.3 is 0 Å². The fourth-order valence-corrected chi connectivity index (χ4v) is 2.04. The van der Waals surface area contributed by atoms with E-state index in [-0.39, 0.29) is 17.5 Å². The van der Waals surface area contributed by atoms with E-state index in [1.54, 1.807) is 0 Å². The first-order valence-corrected chi connectivity index (χ1v) is 5.15. The fourth-order valence-electron chi connectivity index (χ4n) is 2.04. The summed E-state index contributed by atoms with van der Waals surface area (Å²) in [5.74, 6) is 3.28. The van der Waals surface area contributed by atoms with Crippen molar-refractivity contribution in [3.05, 3.63) is 0 Å². The maximum atomic E-state index is 11.5. The molecular weight excluding hydrogens is 174 g/mol. The molecule has 2 atom stereocenters. The Balaban J connectivity index is 2.82. The van der Waals surface area contributed by atoms with Crippen molar-refractivity contribution < 1.29 is 4.79 Å². The number of terminal acetylenes is 1. The molecular formula is C12H19NO. The molecule has 1 fully saturated rings. The Morgan fingerprint density at radius 2 is 2.07 bits per heavy atom. The molecule has 0 N–H and O–H groups in total. The Morgan fingerprint density at radius 3 is 2.57 bits per heavy atom. The molecule has 0 radical (unpaired) electrons. The highest BCUT2D eigenvalue weighted by atomic mass is 16.1. The van der Waals surface area contributed by atoms with Gasteiger partial charge in [0.25, 0.3) is 0 Å². The first-order chi connectivity index (χ1) is 6.38. The number of hydrogen-bond acceptors (Lipinski definition) is 2. The van der Waals surface area contributed by atoms with E-state index in [9.17, 15) is 4.79 Å². The van der Waals surface area contributed by atoms with Crippen LogP contribution in [-0.2, 0) is 4.79 Å². The summed E-state index contributed by atoms with van der Waals surface area (Å²) in [5, 5.41) is 0. The van der Waals surface area contributed by atoms with Crippen LogP contribution >= 0.6 is 0 Å². The number of piperidine rings is 1. The number of rotatable bonds is 1. The number of carbonyl (C=O) groups is 1. The van der Waals surface area contributed by atoms with Crippen LogP contribution in [0.1, 0.15) is 34.1 Å². The van der Waals surface area contributed by atoms with Gasteiger partial charge in [-0.15, -0.1) is 6.42 Å². The van der Waals surface area contributed by atoms with Crippen molar-refractivity contribution >= 4 is 5.78 Å². The average molecular weight is 193 g/mol. The second kappa shape index (κ2) is 3.74. The third kappa shape index (κ3) is 1.99. The molecule has 78 valence electrons. The summed E-state index contributed by atoms with van der Waals surface area (Å²) in [6.07, 6.45) is 6.13. The molecule has 0 amide bonds. The van der Waals surface area contributed by atoms with E-state index in [4.69, 9.17) is 6.42 Å². The van der Waals surface area contributed by atoms with Crippen LogP contribution in [0.3, 0.4) is 0 Å². The van der Waals surface area contributed by atoms with Crippen molar-refractivity contribution in [3.63, 3.8) is 0 Å². The van der Waals surface area contributed by atoms with Gasteiger partial charge in [0.15, 0.2) is 0 Å². The maximum Gasteiger partial charge on any atom is 0.138 e. The van der Waals surface area contributed by atoms with E-state index in [1.807, 2.05) is 20.8 Å². The third-order valence-electron chi connectivity index (χ3n) is 3.12. The SMILES string of the molecule is C#CC(C)(C)N1C[C@H](C)C(=O)C[C@H]1C. The predicted octanol–water partition coefficient (Wildman–Crippen LogP) is 1.70. The van der Waals surface area contributed by atoms with E-state index in [0.29, 0.717) is 12.2 Å². The minimum absolute atomic E-state index is 0.124. The molecule has 0 bridgehead atoms. The van der Waals surface area contributed by atoms with Crippen molar-refractivity contribution in [2.24, 2.45) is 5.92 Å². The van der Waals surface area contributed by atoms with Crippen molar-refractivity contribution in [2.45, 2.75) is 45.7 Å². The minimum atomic E-state index is -0.242. The summed E-state index contributed by atoms with van der Waals surface area (Å²) in [7, 11) is 0. The summed E-state index contributed by atoms with van der Waals surface area (Å²) in [4.78, 5) is 13.7. The maximum absolute atomic E-state index is 11.5. The normalized spacial score (nSPS) is 30.1. The van der Waals surface area contributed by atoms with Gasteiger partial charge < -0.3 is 0 Å². The molecule has 1 aliphatic heterocycles. The lowest BCUT2D eigenvalue weighted by Gasteiger charge is -2.43. The van der Waals surface area contributed by atoms with Crippen LogP contribution in [0.4, 0.5) is 0 Å². The summed E-state index contributed by atoms with van der Waals surface area (Å²) in [6, 6.07) is 0.268. The lowest BCUT2D eigenvalue weighted by molar-refractivity contribution is -0.128. The van der Waals surface area contributed by atoms with Gasteiger partial charge in [0.1, 0.15) is 5.78 Å². The van der Waals surface area contributed by atoms with E-state index in [1.165, 1.54) is 0 Å². The first kappa shape index (κ1) is 11.3. The second-order valence-electron chi connectivity index (χ2n) is 4.78. The fraction of sp³-hybridized carbons (Fsp3) is 0.750. The first-order valence-electron chi connectivity index (χ1n) is 5.15. The molecule has 0 aromatic rings. The predicted molar refractivity (Wildman–Crippen MR) is 57.9 cm³/mol. The topological polar surface area (TPSA) is 20.3 Å². The Morgan fingerprint density at radius 1 is 1.50 bits per heavy atom. The molecule has 2 heteroatoms. The van der Waals surface area contributed by atoms with Crippen LogP contribution < -0.4 is 0 Å². The highest BCUT2D eigenvalue weighted by molar-refractivity contribution is 5.82. The molecule has 1 saturated heterocycles. The molecule has 1 rings (SSSR count). The monoisotopic (exact) mass is 193 g/mol. The van der Waals surface area contributed by atoms with Gasteiger partial charge in [0.2, 0.25) is 0 Å². The summed E-state index contributed by atoms with van der Waals surface area (Å²) >= 11 is 0. The molecule has 0 aliphatic carbocycles. The number of hydrogen-bond donors (Lipinski definition) is 0. The van der Waals surface area contributed by atoms with Crippen LogP contribution in [0.25, 0.3) is 0 Å². The van der Waals surface area contributed by atoms with Gasteiger partial charge in [-0.1, -0.05) is 12.8 Å². The standard InChI is InChI=1S/C12H19NO/c1-6-12(4,5)13-8-9(2)11(14)7-10(13)3/h1,9-10H,7-8H2,2-5H3/t9-,10+/m0/s1. The highest BCUT2D eigenvalue weighted by Crippen LogP contribution is 2.26. The quantitative estimate of drug-likeness (QED) is 0.591. The zero-order valence-corrected chi connectivity index (χ0v) is 9.50. The van der Waals surface area contributed by atoms with Gasteiger partial charge in [-0.05, 0) is 20.8 Å². The van der Waals surface area contributed by atoms with Crippen molar-refractivity contribution in [1.29, 1.82) is 0 Å². The van der Waals surface area contributed by atoms with Gasteiger partial charge in [-0.2, -0.15) is 0 Å². The van der Waals surface area contributed by atoms with E-state index >= 15 is 0 Å². The van der Waals surface area contributed by atoms with Gasteiger partial charge in [0, 0.05) is 24.9 Å². The zero-order valence-electron chi connectivity index (χ0n) is 9.50. The van der Waals surface area contributed by atoms with Gasteiger partial charge in [-0.3, -0.25) is 9.69 Å². The third-order valence-corrected chi connectivity index (χ3v) is 3.12. The van der Waals surface area contributed by atoms with E-state index in [2.05, 4.69) is 17.7 Å². The van der Waals surface area contributed by atoms with Crippen LogP contribution in [0, 0.1) is 18.3 Å². The largest absolute Gasteiger partial charge is 0.299 e. The van der Waals surface area contributed by atoms with Gasteiger partial charge in [0.05, 0.1) is 5.54 Å². The van der Waals surface area contributed by atoms with Crippen LogP contribution in [0.5, 0.6) is 0 Å². The number of ketones is 1. The molecule has 1 heterocycles. The molecule has 2 nitrogen and oxygen atoms in total. The minimum Gasteiger partial charge on any atom is -0.299 e. The average Bonchev–Trinajstić information content (AvgIpc) is 2.11. The number of nitrogens with zero attached hydrogens (tertiary/aromatic N) is 1. The lowest BCUT2D eigenvalue weighted by Crippen LogP contribution is -2.54. The molecule has 0 aromatic carbocycles. The molecule has 1 aliphatic rings. The lowest BCUT2D eigenvalue weighted by atomic mass is 9.89. The van der Waals surface area contributed by atoms with E-state index in [0.717, 1.165) is 6.54 Å². The van der Waals surface area contributed by atoms with Crippen LogP contribution in [0.15, 0.2) is 0 Å². The highest BCUT2D eigenvalue weighted by Gasteiger charge is 2.36. The Hall–Kier alpha value is -0.810. The van der Waals surface area contributed by atoms with Gasteiger partial charge in [-0.25, -0.2) is 0 Å². The molecule has 0 unspecified atom stereocenters. The van der Waals surface area contributed by atoms with Crippen LogP contribution in [-0.4, -0.2) is 28.8 Å². The summed E-state index contributed by atoms with van der Waals surface area (Å²) in [6.45, 7) is 8.91. The molecule has 0 saturated carbocycles. The second-order valence-corrected chi connectivity index (χ2v) is 4.78. The number of Topliss-reactive ketones (excluding diaryl/α,β-unsaturated/α-hetero) is 1. The van der Waals surface area contributed by atoms with Crippen molar-refractivity contribution in [3.8, 4) is 12.3 Å². The van der Waals surface area contributed by atoms with E-state index < -0.39 is 0 Å². The Labute approximate surface area is 86.7 Å². The Kier molecular flexibility index (Phi) is 3.01. The molecule has 14 heavy (non-hydrogen) atoms. The summed E-state index contributed by atoms with van der Waals surface area (Å²) < 4.78 is 0. The molecule has 0 spiro atoms. The number of likely N-dealkylation sites (tertiary alicyclic amines) is 1.